The number of sulfonamides is 1. The highest BCUT2D eigenvalue weighted by Gasteiger charge is 2.28. The molecule has 0 rings (SSSR count). The number of aliphatic carboxylic acids is 1. The van der Waals surface area contributed by atoms with E-state index in [2.05, 4.69) is 0 Å². The molecule has 0 unspecified atom stereocenters. The summed E-state index contributed by atoms with van der Waals surface area (Å²) in [7, 11) is -3.77. The molecule has 1 amide bonds. The highest BCUT2D eigenvalue weighted by molar-refractivity contribution is 7.89. The van der Waals surface area contributed by atoms with Crippen molar-refractivity contribution in [1.29, 1.82) is 0 Å². The summed E-state index contributed by atoms with van der Waals surface area (Å²) >= 11 is 0. The van der Waals surface area contributed by atoms with E-state index in [0.29, 0.717) is 0 Å². The second kappa shape index (κ2) is 5.46. The first kappa shape index (κ1) is 15.9. The van der Waals surface area contributed by atoms with Crippen molar-refractivity contribution in [2.45, 2.75) is 33.2 Å². The molecule has 1 atom stereocenters. The van der Waals surface area contributed by atoms with Gasteiger partial charge in [0.05, 0.1) is 12.2 Å². The second-order valence-electron chi connectivity index (χ2n) is 5.00. The van der Waals surface area contributed by atoms with Gasteiger partial charge in [-0.05, 0) is 5.41 Å². The number of carbonyl (C=O) groups excluding carboxylic acids is 1. The van der Waals surface area contributed by atoms with Crippen molar-refractivity contribution in [3.8, 4) is 0 Å². The quantitative estimate of drug-likeness (QED) is 0.584. The van der Waals surface area contributed by atoms with E-state index >= 15 is 0 Å². The molecule has 0 aromatic carbocycles. The number of carboxylic acid groups (broad SMARTS) is 1. The van der Waals surface area contributed by atoms with Gasteiger partial charge < -0.3 is 10.8 Å². The van der Waals surface area contributed by atoms with Crippen molar-refractivity contribution in [2.75, 3.05) is 5.75 Å². The van der Waals surface area contributed by atoms with Crippen molar-refractivity contribution >= 4 is 21.9 Å². The third kappa shape index (κ3) is 7.70. The maximum absolute atomic E-state index is 11.6. The van der Waals surface area contributed by atoms with E-state index in [0.717, 1.165) is 0 Å². The van der Waals surface area contributed by atoms with E-state index in [1.54, 1.807) is 20.8 Å². The van der Waals surface area contributed by atoms with Crippen LogP contribution in [0.15, 0.2) is 0 Å². The Morgan fingerprint density at radius 1 is 1.35 bits per heavy atom. The smallest absolute Gasteiger partial charge is 0.322 e. The molecule has 0 bridgehead atoms. The first-order valence-corrected chi connectivity index (χ1v) is 6.59. The molecule has 17 heavy (non-hydrogen) atoms. The molecule has 0 fully saturated rings. The minimum Gasteiger partial charge on any atom is -0.480 e. The van der Waals surface area contributed by atoms with Crippen LogP contribution in [-0.2, 0) is 19.6 Å². The number of carboxylic acids is 1. The van der Waals surface area contributed by atoms with Crippen LogP contribution < -0.4 is 10.5 Å². The number of nitrogens with two attached hydrogens (primary N) is 1. The average Bonchev–Trinajstić information content (AvgIpc) is 1.95. The van der Waals surface area contributed by atoms with E-state index in [9.17, 15) is 18.0 Å². The molecule has 0 aliphatic carbocycles. The Bertz CT molecular complexity index is 396. The third-order valence-electron chi connectivity index (χ3n) is 1.65. The van der Waals surface area contributed by atoms with Gasteiger partial charge in [0.15, 0.2) is 0 Å². The van der Waals surface area contributed by atoms with Gasteiger partial charge in [0.1, 0.15) is 6.04 Å². The molecule has 7 nitrogen and oxygen atoms in total. The van der Waals surface area contributed by atoms with Gasteiger partial charge in [-0.3, -0.25) is 9.59 Å². The molecular formula is C9H18N2O5S. The van der Waals surface area contributed by atoms with Crippen LogP contribution in [0.25, 0.3) is 0 Å². The Morgan fingerprint density at radius 2 is 1.82 bits per heavy atom. The highest BCUT2D eigenvalue weighted by Crippen LogP contribution is 2.15. The van der Waals surface area contributed by atoms with Gasteiger partial charge in [-0.1, -0.05) is 20.8 Å². The van der Waals surface area contributed by atoms with E-state index in [1.165, 1.54) is 0 Å². The normalized spacial score (nSPS) is 14.3. The van der Waals surface area contributed by atoms with Crippen LogP contribution in [0, 0.1) is 5.41 Å². The molecule has 0 heterocycles. The first-order valence-electron chi connectivity index (χ1n) is 4.94. The van der Waals surface area contributed by atoms with Crippen LogP contribution in [0.2, 0.25) is 0 Å². The van der Waals surface area contributed by atoms with Crippen LogP contribution >= 0.6 is 0 Å². The SMILES string of the molecule is CC(C)(C)CS(=O)(=O)N[C@@H](CC(N)=O)C(=O)O. The lowest BCUT2D eigenvalue weighted by Crippen LogP contribution is -2.45. The summed E-state index contributed by atoms with van der Waals surface area (Å²) < 4.78 is 25.2. The van der Waals surface area contributed by atoms with Crippen LogP contribution in [0.5, 0.6) is 0 Å². The number of carbonyl (C=O) groups is 2. The molecule has 0 aromatic heterocycles. The average molecular weight is 266 g/mol. The monoisotopic (exact) mass is 266 g/mol. The molecule has 0 saturated heterocycles. The second-order valence-corrected chi connectivity index (χ2v) is 6.75. The van der Waals surface area contributed by atoms with Gasteiger partial charge in [0.25, 0.3) is 0 Å². The third-order valence-corrected chi connectivity index (χ3v) is 3.54. The van der Waals surface area contributed by atoms with Crippen LogP contribution in [-0.4, -0.2) is 37.2 Å². The molecular weight excluding hydrogens is 248 g/mol. The lowest BCUT2D eigenvalue weighted by Gasteiger charge is -2.20. The van der Waals surface area contributed by atoms with Crippen LogP contribution in [0.3, 0.4) is 0 Å². The number of nitrogens with one attached hydrogen (secondary N) is 1. The standard InChI is InChI=1S/C9H18N2O5S/c1-9(2,3)5-17(15,16)11-6(8(13)14)4-7(10)12/h6,11H,4-5H2,1-3H3,(H2,10,12)(H,13,14)/t6-/m0/s1. The summed E-state index contributed by atoms with van der Waals surface area (Å²) in [5, 5.41) is 8.75. The fourth-order valence-electron chi connectivity index (χ4n) is 1.21. The summed E-state index contributed by atoms with van der Waals surface area (Å²) in [5.41, 5.74) is 4.33. The fourth-order valence-corrected chi connectivity index (χ4v) is 3.05. The Balaban J connectivity index is 4.76. The molecule has 0 aliphatic heterocycles. The van der Waals surface area contributed by atoms with E-state index in [1.807, 2.05) is 4.72 Å². The van der Waals surface area contributed by atoms with Crippen molar-refractivity contribution in [2.24, 2.45) is 11.1 Å². The lowest BCUT2D eigenvalue weighted by atomic mass is 10.0. The number of primary amides is 1. The molecule has 100 valence electrons. The van der Waals surface area contributed by atoms with Gasteiger partial charge in [0, 0.05) is 0 Å². The topological polar surface area (TPSA) is 127 Å². The van der Waals surface area contributed by atoms with Crippen LogP contribution in [0.1, 0.15) is 27.2 Å². The minimum absolute atomic E-state index is 0.234. The number of hydrogen-bond donors (Lipinski definition) is 3. The van der Waals surface area contributed by atoms with Crippen molar-refractivity contribution in [3.05, 3.63) is 0 Å². The van der Waals surface area contributed by atoms with Crippen molar-refractivity contribution < 1.29 is 23.1 Å². The molecule has 0 aromatic rings. The summed E-state index contributed by atoms with van der Waals surface area (Å²) in [5.74, 6) is -2.54. The fraction of sp³-hybridized carbons (Fsp3) is 0.778. The maximum Gasteiger partial charge on any atom is 0.322 e. The predicted octanol–water partition coefficient (Wildman–Crippen LogP) is -0.719. The van der Waals surface area contributed by atoms with Gasteiger partial charge in [-0.25, -0.2) is 13.1 Å². The molecule has 0 spiro atoms. The summed E-state index contributed by atoms with van der Waals surface area (Å²) in [6, 6.07) is -1.51. The largest absolute Gasteiger partial charge is 0.480 e. The zero-order valence-corrected chi connectivity index (χ0v) is 10.9. The van der Waals surface area contributed by atoms with E-state index in [4.69, 9.17) is 10.8 Å². The number of hydrogen-bond acceptors (Lipinski definition) is 4. The zero-order valence-electron chi connectivity index (χ0n) is 10.1. The predicted molar refractivity (Wildman–Crippen MR) is 61.6 cm³/mol. The van der Waals surface area contributed by atoms with Gasteiger partial charge >= 0.3 is 5.97 Å². The Hall–Kier alpha value is -1.15. The Labute approximate surface area is 100 Å². The van der Waals surface area contributed by atoms with Gasteiger partial charge in [0.2, 0.25) is 15.9 Å². The van der Waals surface area contributed by atoms with Gasteiger partial charge in [-0.2, -0.15) is 0 Å². The molecule has 0 radical (unpaired) electrons. The first-order chi connectivity index (χ1) is 7.43. The number of amides is 1. The maximum atomic E-state index is 11.6. The minimum atomic E-state index is -3.77. The molecule has 4 N–H and O–H groups in total. The van der Waals surface area contributed by atoms with E-state index in [-0.39, 0.29) is 5.75 Å². The van der Waals surface area contributed by atoms with Crippen LogP contribution in [0.4, 0.5) is 0 Å². The lowest BCUT2D eigenvalue weighted by molar-refractivity contribution is -0.140. The Kier molecular flexibility index (Phi) is 5.09. The molecule has 0 aliphatic rings. The Morgan fingerprint density at radius 3 is 2.12 bits per heavy atom. The summed E-state index contributed by atoms with van der Waals surface area (Å²) in [6.07, 6.45) is -0.571. The summed E-state index contributed by atoms with van der Waals surface area (Å²) in [6.45, 7) is 5.11. The van der Waals surface area contributed by atoms with Gasteiger partial charge in [-0.15, -0.1) is 0 Å². The molecule has 8 heteroatoms. The summed E-state index contributed by atoms with van der Waals surface area (Å²) in [4.78, 5) is 21.4. The van der Waals surface area contributed by atoms with Crippen molar-refractivity contribution in [1.82, 2.24) is 4.72 Å². The zero-order chi connectivity index (χ0) is 13.9. The number of rotatable bonds is 6. The molecule has 0 saturated carbocycles. The highest BCUT2D eigenvalue weighted by atomic mass is 32.2. The van der Waals surface area contributed by atoms with Crippen molar-refractivity contribution in [3.63, 3.8) is 0 Å². The van der Waals surface area contributed by atoms with E-state index < -0.39 is 39.8 Å².